The maximum absolute atomic E-state index is 8.58. The third-order valence-corrected chi connectivity index (χ3v) is 3.27. The zero-order valence-electron chi connectivity index (χ0n) is 9.95. The van der Waals surface area contributed by atoms with E-state index in [2.05, 4.69) is 11.9 Å². The Morgan fingerprint density at radius 2 is 1.80 bits per heavy atom. The summed E-state index contributed by atoms with van der Waals surface area (Å²) < 4.78 is 5.28. The van der Waals surface area contributed by atoms with E-state index in [1.54, 1.807) is 0 Å². The molecule has 0 aromatic rings. The van der Waals surface area contributed by atoms with Gasteiger partial charge in [0.1, 0.15) is 0 Å². The Kier molecular flexibility index (Phi) is 6.98. The van der Waals surface area contributed by atoms with Crippen LogP contribution in [0.2, 0.25) is 0 Å². The highest BCUT2D eigenvalue weighted by Gasteiger charge is 2.16. The summed E-state index contributed by atoms with van der Waals surface area (Å²) in [4.78, 5) is 2.42. The first-order valence-electron chi connectivity index (χ1n) is 6.23. The lowest BCUT2D eigenvalue weighted by molar-refractivity contribution is 0.0686. The molecule has 3 heteroatoms. The minimum atomic E-state index is 0.132. The number of nitrogens with zero attached hydrogens (tertiary/aromatic N) is 1. The molecule has 90 valence electrons. The molecular weight excluding hydrogens is 190 g/mol. The fraction of sp³-hybridized carbons (Fsp3) is 1.00. The molecule has 0 radical (unpaired) electrons. The van der Waals surface area contributed by atoms with Crippen LogP contribution in [0.25, 0.3) is 0 Å². The summed E-state index contributed by atoms with van der Waals surface area (Å²) in [5, 5.41) is 8.58. The van der Waals surface area contributed by atoms with Crippen LogP contribution in [-0.2, 0) is 4.74 Å². The normalized spacial score (nSPS) is 19.4. The van der Waals surface area contributed by atoms with Crippen molar-refractivity contribution in [3.05, 3.63) is 0 Å². The van der Waals surface area contributed by atoms with Gasteiger partial charge in [0.25, 0.3) is 0 Å². The second-order valence-electron chi connectivity index (χ2n) is 4.46. The van der Waals surface area contributed by atoms with Gasteiger partial charge in [-0.2, -0.15) is 0 Å². The van der Waals surface area contributed by atoms with E-state index in [1.165, 1.54) is 38.5 Å². The van der Waals surface area contributed by atoms with Crippen molar-refractivity contribution < 1.29 is 9.84 Å². The Hall–Kier alpha value is -0.120. The van der Waals surface area contributed by atoms with E-state index in [0.717, 1.165) is 19.2 Å². The maximum Gasteiger partial charge on any atom is 0.0698 e. The molecule has 3 nitrogen and oxygen atoms in total. The summed E-state index contributed by atoms with van der Waals surface area (Å²) in [6, 6.07) is 0.755. The van der Waals surface area contributed by atoms with Gasteiger partial charge in [0.05, 0.1) is 19.8 Å². The minimum absolute atomic E-state index is 0.132. The highest BCUT2D eigenvalue weighted by atomic mass is 16.5. The van der Waals surface area contributed by atoms with Gasteiger partial charge in [-0.1, -0.05) is 25.7 Å². The average Bonchev–Trinajstić information content (AvgIpc) is 2.52. The highest BCUT2D eigenvalue weighted by Crippen LogP contribution is 2.20. The van der Waals surface area contributed by atoms with Crippen molar-refractivity contribution in [2.24, 2.45) is 0 Å². The molecule has 0 unspecified atom stereocenters. The van der Waals surface area contributed by atoms with Crippen LogP contribution < -0.4 is 0 Å². The van der Waals surface area contributed by atoms with Gasteiger partial charge < -0.3 is 14.7 Å². The SMILES string of the molecule is CN(CCOCCO)C1CCCCCC1. The van der Waals surface area contributed by atoms with Gasteiger partial charge in [-0.05, 0) is 19.9 Å². The molecule has 1 aliphatic carbocycles. The van der Waals surface area contributed by atoms with E-state index in [0.29, 0.717) is 6.61 Å². The number of likely N-dealkylation sites (N-methyl/N-ethyl adjacent to an activating group) is 1. The molecule has 1 N–H and O–H groups in total. The fourth-order valence-corrected chi connectivity index (χ4v) is 2.26. The zero-order valence-corrected chi connectivity index (χ0v) is 9.95. The summed E-state index contributed by atoms with van der Waals surface area (Å²) in [7, 11) is 2.19. The first kappa shape index (κ1) is 12.9. The molecule has 1 rings (SSSR count). The number of hydrogen-bond donors (Lipinski definition) is 1. The quantitative estimate of drug-likeness (QED) is 0.540. The van der Waals surface area contributed by atoms with Crippen LogP contribution in [-0.4, -0.2) is 49.5 Å². The number of aliphatic hydroxyl groups excluding tert-OH is 1. The third kappa shape index (κ3) is 5.50. The molecule has 1 aliphatic rings. The van der Waals surface area contributed by atoms with Crippen LogP contribution in [0.4, 0.5) is 0 Å². The molecule has 0 aromatic carbocycles. The first-order chi connectivity index (χ1) is 7.34. The number of aliphatic hydroxyl groups is 1. The molecule has 1 saturated carbocycles. The molecule has 0 aliphatic heterocycles. The van der Waals surface area contributed by atoms with Crippen LogP contribution in [0.1, 0.15) is 38.5 Å². The van der Waals surface area contributed by atoms with Crippen molar-refractivity contribution >= 4 is 0 Å². The second kappa shape index (κ2) is 8.08. The minimum Gasteiger partial charge on any atom is -0.394 e. The molecular formula is C12H25NO2. The van der Waals surface area contributed by atoms with E-state index in [-0.39, 0.29) is 6.61 Å². The van der Waals surface area contributed by atoms with Gasteiger partial charge in [0.2, 0.25) is 0 Å². The molecule has 15 heavy (non-hydrogen) atoms. The summed E-state index contributed by atoms with van der Waals surface area (Å²) in [6.45, 7) is 2.34. The van der Waals surface area contributed by atoms with E-state index < -0.39 is 0 Å². The average molecular weight is 215 g/mol. The Morgan fingerprint density at radius 3 is 2.40 bits per heavy atom. The van der Waals surface area contributed by atoms with Crippen molar-refractivity contribution in [1.82, 2.24) is 4.90 Å². The highest BCUT2D eigenvalue weighted by molar-refractivity contribution is 4.71. The van der Waals surface area contributed by atoms with Crippen LogP contribution in [0.15, 0.2) is 0 Å². The monoisotopic (exact) mass is 215 g/mol. The Morgan fingerprint density at radius 1 is 1.13 bits per heavy atom. The van der Waals surface area contributed by atoms with E-state index in [1.807, 2.05) is 0 Å². The van der Waals surface area contributed by atoms with Gasteiger partial charge in [-0.3, -0.25) is 0 Å². The summed E-state index contributed by atoms with van der Waals surface area (Å²) >= 11 is 0. The third-order valence-electron chi connectivity index (χ3n) is 3.27. The molecule has 0 atom stereocenters. The number of rotatable bonds is 6. The van der Waals surface area contributed by atoms with Gasteiger partial charge in [0.15, 0.2) is 0 Å². The summed E-state index contributed by atoms with van der Waals surface area (Å²) in [5.41, 5.74) is 0. The largest absolute Gasteiger partial charge is 0.394 e. The maximum atomic E-state index is 8.58. The number of ether oxygens (including phenoxy) is 1. The van der Waals surface area contributed by atoms with Crippen molar-refractivity contribution in [2.75, 3.05) is 33.4 Å². The Balaban J connectivity index is 2.11. The van der Waals surface area contributed by atoms with Crippen molar-refractivity contribution in [3.63, 3.8) is 0 Å². The van der Waals surface area contributed by atoms with E-state index >= 15 is 0 Å². The molecule has 0 amide bonds. The lowest BCUT2D eigenvalue weighted by Crippen LogP contribution is -2.34. The van der Waals surface area contributed by atoms with E-state index in [4.69, 9.17) is 9.84 Å². The van der Waals surface area contributed by atoms with Gasteiger partial charge >= 0.3 is 0 Å². The fourth-order valence-electron chi connectivity index (χ4n) is 2.26. The van der Waals surface area contributed by atoms with Gasteiger partial charge in [-0.15, -0.1) is 0 Å². The molecule has 1 fully saturated rings. The summed E-state index contributed by atoms with van der Waals surface area (Å²) in [5.74, 6) is 0. The van der Waals surface area contributed by atoms with E-state index in [9.17, 15) is 0 Å². The first-order valence-corrected chi connectivity index (χ1v) is 6.23. The van der Waals surface area contributed by atoms with Crippen LogP contribution in [0.3, 0.4) is 0 Å². The second-order valence-corrected chi connectivity index (χ2v) is 4.46. The van der Waals surface area contributed by atoms with Crippen molar-refractivity contribution in [2.45, 2.75) is 44.6 Å². The lowest BCUT2D eigenvalue weighted by Gasteiger charge is -2.26. The Labute approximate surface area is 93.4 Å². The Bertz CT molecular complexity index is 145. The van der Waals surface area contributed by atoms with Gasteiger partial charge in [-0.25, -0.2) is 0 Å². The number of hydrogen-bond acceptors (Lipinski definition) is 3. The topological polar surface area (TPSA) is 32.7 Å². The standard InChI is InChI=1S/C12H25NO2/c1-13(8-10-15-11-9-14)12-6-4-2-3-5-7-12/h12,14H,2-11H2,1H3. The molecule has 0 heterocycles. The smallest absolute Gasteiger partial charge is 0.0698 e. The predicted octanol–water partition coefficient (Wildman–Crippen LogP) is 1.65. The predicted molar refractivity (Wildman–Crippen MR) is 62.0 cm³/mol. The molecule has 0 saturated heterocycles. The van der Waals surface area contributed by atoms with Crippen LogP contribution >= 0.6 is 0 Å². The van der Waals surface area contributed by atoms with Crippen LogP contribution in [0, 0.1) is 0 Å². The lowest BCUT2D eigenvalue weighted by atomic mass is 10.1. The molecule has 0 spiro atoms. The van der Waals surface area contributed by atoms with Crippen molar-refractivity contribution in [1.29, 1.82) is 0 Å². The molecule has 0 aromatic heterocycles. The van der Waals surface area contributed by atoms with Crippen LogP contribution in [0.5, 0.6) is 0 Å². The zero-order chi connectivity index (χ0) is 10.9. The van der Waals surface area contributed by atoms with Crippen molar-refractivity contribution in [3.8, 4) is 0 Å². The molecule has 0 bridgehead atoms. The van der Waals surface area contributed by atoms with Gasteiger partial charge in [0, 0.05) is 12.6 Å². The summed E-state index contributed by atoms with van der Waals surface area (Å²) in [6.07, 6.45) is 8.27.